The first-order valence-electron chi connectivity index (χ1n) is 10.3. The third-order valence-corrected chi connectivity index (χ3v) is 6.73. The number of amides is 2. The normalized spacial score (nSPS) is 21.8. The lowest BCUT2D eigenvalue weighted by Crippen LogP contribution is -2.37. The Morgan fingerprint density at radius 2 is 2.11 bits per heavy atom. The van der Waals surface area contributed by atoms with Crippen molar-refractivity contribution in [3.8, 4) is 0 Å². The van der Waals surface area contributed by atoms with Crippen molar-refractivity contribution in [2.45, 2.75) is 56.6 Å². The Bertz CT molecular complexity index is 818. The van der Waals surface area contributed by atoms with Crippen molar-refractivity contribution < 1.29 is 9.59 Å². The number of rotatable bonds is 5. The molecule has 3 aliphatic rings. The highest BCUT2D eigenvalue weighted by molar-refractivity contribution is 8.15. The van der Waals surface area contributed by atoms with Gasteiger partial charge in [0.25, 0.3) is 5.91 Å². The van der Waals surface area contributed by atoms with Crippen molar-refractivity contribution in [1.82, 2.24) is 5.32 Å². The van der Waals surface area contributed by atoms with Crippen LogP contribution in [0.25, 0.3) is 0 Å². The van der Waals surface area contributed by atoms with Gasteiger partial charge in [0, 0.05) is 25.2 Å². The van der Waals surface area contributed by atoms with Crippen LogP contribution in [0.3, 0.4) is 0 Å². The van der Waals surface area contributed by atoms with Crippen molar-refractivity contribution in [3.05, 3.63) is 41.5 Å². The molecule has 6 heteroatoms. The molecule has 4 rings (SSSR count). The van der Waals surface area contributed by atoms with Crippen LogP contribution in [0.4, 0.5) is 5.69 Å². The van der Waals surface area contributed by atoms with Gasteiger partial charge in [-0.05, 0) is 56.6 Å². The Morgan fingerprint density at radius 1 is 1.21 bits per heavy atom. The van der Waals surface area contributed by atoms with E-state index in [1.807, 2.05) is 23.1 Å². The number of aliphatic imine (C=N–C) groups is 1. The fourth-order valence-electron chi connectivity index (χ4n) is 4.12. The summed E-state index contributed by atoms with van der Waals surface area (Å²) in [5.41, 5.74) is 3.71. The van der Waals surface area contributed by atoms with Crippen LogP contribution >= 0.6 is 11.8 Å². The Hall–Kier alpha value is -2.08. The number of benzene rings is 1. The highest BCUT2D eigenvalue weighted by atomic mass is 32.2. The molecule has 5 nitrogen and oxygen atoms in total. The van der Waals surface area contributed by atoms with E-state index >= 15 is 0 Å². The molecule has 28 heavy (non-hydrogen) atoms. The maximum absolute atomic E-state index is 12.9. The molecule has 2 aliphatic heterocycles. The first-order chi connectivity index (χ1) is 13.7. The predicted molar refractivity (Wildman–Crippen MR) is 115 cm³/mol. The number of nitrogens with one attached hydrogen (secondary N) is 1. The summed E-state index contributed by atoms with van der Waals surface area (Å²) in [4.78, 5) is 31.1. The standard InChI is InChI=1S/C22H27N3O2S/c26-20(25-14-6-10-17-9-4-5-11-18(17)25)15-19-21(27)24-22(28-19)23-13-12-16-7-2-1-3-8-16/h4-5,7,9,11,19H,1-3,6,8,10,12-15H2,(H,23,24,27). The third-order valence-electron chi connectivity index (χ3n) is 5.62. The number of nitrogens with zero attached hydrogens (tertiary/aromatic N) is 2. The minimum absolute atomic E-state index is 0.0156. The first-order valence-corrected chi connectivity index (χ1v) is 11.2. The van der Waals surface area contributed by atoms with E-state index in [9.17, 15) is 9.59 Å². The zero-order valence-electron chi connectivity index (χ0n) is 16.2. The smallest absolute Gasteiger partial charge is 0.262 e. The molecular weight excluding hydrogens is 370 g/mol. The molecule has 0 saturated carbocycles. The van der Waals surface area contributed by atoms with Gasteiger partial charge in [-0.25, -0.2) is 0 Å². The maximum Gasteiger partial charge on any atom is 0.262 e. The molecule has 1 aliphatic carbocycles. The Kier molecular flexibility index (Phi) is 6.15. The summed E-state index contributed by atoms with van der Waals surface area (Å²) in [6.45, 7) is 1.52. The molecule has 0 fully saturated rings. The van der Waals surface area contributed by atoms with E-state index in [1.165, 1.54) is 48.6 Å². The SMILES string of the molecule is O=C1N=C(NCCC2=CCCCC2)SC1CC(=O)N1CCCc2ccccc21. The molecule has 1 aromatic carbocycles. The number of hydrogen-bond donors (Lipinski definition) is 1. The fourth-order valence-corrected chi connectivity index (χ4v) is 5.09. The molecule has 0 saturated heterocycles. The van der Waals surface area contributed by atoms with Crippen molar-refractivity contribution in [2.75, 3.05) is 18.0 Å². The summed E-state index contributed by atoms with van der Waals surface area (Å²) in [5, 5.41) is 3.54. The van der Waals surface area contributed by atoms with E-state index in [0.717, 1.165) is 38.0 Å². The largest absolute Gasteiger partial charge is 0.364 e. The number of carbonyl (C=O) groups is 2. The Morgan fingerprint density at radius 3 is 2.96 bits per heavy atom. The van der Waals surface area contributed by atoms with Crippen LogP contribution in [0.2, 0.25) is 0 Å². The van der Waals surface area contributed by atoms with E-state index in [2.05, 4.69) is 22.5 Å². The zero-order chi connectivity index (χ0) is 19.3. The average Bonchev–Trinajstić information content (AvgIpc) is 3.07. The predicted octanol–water partition coefficient (Wildman–Crippen LogP) is 3.83. The van der Waals surface area contributed by atoms with E-state index in [0.29, 0.717) is 5.17 Å². The summed E-state index contributed by atoms with van der Waals surface area (Å²) in [6.07, 6.45) is 10.5. The number of fused-ring (bicyclic) bond motifs is 1. The van der Waals surface area contributed by atoms with Crippen molar-refractivity contribution in [3.63, 3.8) is 0 Å². The molecule has 1 atom stereocenters. The molecule has 0 bridgehead atoms. The van der Waals surface area contributed by atoms with Gasteiger partial charge in [0.15, 0.2) is 5.17 Å². The minimum atomic E-state index is -0.405. The lowest BCUT2D eigenvalue weighted by Gasteiger charge is -2.30. The van der Waals surface area contributed by atoms with Crippen LogP contribution in [0.1, 0.15) is 50.5 Å². The number of aryl methyl sites for hydroxylation is 1. The van der Waals surface area contributed by atoms with E-state index in [4.69, 9.17) is 0 Å². The topological polar surface area (TPSA) is 61.8 Å². The minimum Gasteiger partial charge on any atom is -0.364 e. The Labute approximate surface area is 170 Å². The number of allylic oxidation sites excluding steroid dienone is 1. The van der Waals surface area contributed by atoms with Gasteiger partial charge >= 0.3 is 0 Å². The summed E-state index contributed by atoms with van der Waals surface area (Å²) in [7, 11) is 0. The van der Waals surface area contributed by atoms with Crippen LogP contribution in [0.15, 0.2) is 40.9 Å². The lowest BCUT2D eigenvalue weighted by atomic mass is 9.97. The summed E-state index contributed by atoms with van der Waals surface area (Å²) < 4.78 is 0. The van der Waals surface area contributed by atoms with E-state index in [-0.39, 0.29) is 18.2 Å². The molecule has 148 valence electrons. The molecule has 0 radical (unpaired) electrons. The maximum atomic E-state index is 12.9. The number of hydrogen-bond acceptors (Lipinski definition) is 4. The lowest BCUT2D eigenvalue weighted by molar-refractivity contribution is -0.122. The van der Waals surface area contributed by atoms with E-state index < -0.39 is 5.25 Å². The van der Waals surface area contributed by atoms with E-state index in [1.54, 1.807) is 0 Å². The first kappa shape index (κ1) is 19.2. The molecule has 2 heterocycles. The number of thioether (sulfide) groups is 1. The van der Waals surface area contributed by atoms with Crippen molar-refractivity contribution in [1.29, 1.82) is 0 Å². The van der Waals surface area contributed by atoms with Gasteiger partial charge in [0.05, 0.1) is 0 Å². The second kappa shape index (κ2) is 8.95. The number of anilines is 1. The van der Waals surface area contributed by atoms with Gasteiger partial charge in [-0.1, -0.05) is 41.6 Å². The molecule has 0 spiro atoms. The highest BCUT2D eigenvalue weighted by Crippen LogP contribution is 2.30. The molecule has 2 amide bonds. The molecular formula is C22H27N3O2S. The van der Waals surface area contributed by atoms with Crippen LogP contribution in [-0.2, 0) is 16.0 Å². The highest BCUT2D eigenvalue weighted by Gasteiger charge is 2.33. The monoisotopic (exact) mass is 397 g/mol. The van der Waals surface area contributed by atoms with Gasteiger partial charge < -0.3 is 10.2 Å². The van der Waals surface area contributed by atoms with Gasteiger partial charge in [-0.15, -0.1) is 0 Å². The number of amidine groups is 1. The van der Waals surface area contributed by atoms with Gasteiger partial charge in [-0.2, -0.15) is 4.99 Å². The average molecular weight is 398 g/mol. The van der Waals surface area contributed by atoms with Crippen molar-refractivity contribution in [2.24, 2.45) is 4.99 Å². The molecule has 1 unspecified atom stereocenters. The van der Waals surface area contributed by atoms with Crippen molar-refractivity contribution >= 4 is 34.4 Å². The van der Waals surface area contributed by atoms with Gasteiger partial charge in [0.1, 0.15) is 5.25 Å². The van der Waals surface area contributed by atoms with Crippen LogP contribution in [0.5, 0.6) is 0 Å². The van der Waals surface area contributed by atoms with Gasteiger partial charge in [0.2, 0.25) is 5.91 Å². The molecule has 0 aromatic heterocycles. The molecule has 1 aromatic rings. The quantitative estimate of drug-likeness (QED) is 0.767. The zero-order valence-corrected chi connectivity index (χ0v) is 17.0. The molecule has 1 N–H and O–H groups in total. The number of carbonyl (C=O) groups excluding carboxylic acids is 2. The fraction of sp³-hybridized carbons (Fsp3) is 0.500. The van der Waals surface area contributed by atoms with Crippen LogP contribution < -0.4 is 10.2 Å². The summed E-state index contributed by atoms with van der Waals surface area (Å²) in [5.74, 6) is -0.176. The van der Waals surface area contributed by atoms with Crippen LogP contribution in [0, 0.1) is 0 Å². The van der Waals surface area contributed by atoms with Crippen LogP contribution in [-0.4, -0.2) is 35.3 Å². The summed E-state index contributed by atoms with van der Waals surface area (Å²) >= 11 is 1.40. The second-order valence-corrected chi connectivity index (χ2v) is 8.82. The second-order valence-electron chi connectivity index (χ2n) is 7.63. The number of para-hydroxylation sites is 1. The summed E-state index contributed by atoms with van der Waals surface area (Å²) in [6, 6.07) is 8.06. The van der Waals surface area contributed by atoms with Gasteiger partial charge in [-0.3, -0.25) is 9.59 Å². The Balaban J connectivity index is 1.29. The third kappa shape index (κ3) is 4.49.